The van der Waals surface area contributed by atoms with Crippen LogP contribution in [0.4, 0.5) is 15.3 Å². The first-order valence-corrected chi connectivity index (χ1v) is 8.83. The number of carbonyl (C=O) groups excluding carboxylic acids is 3. The van der Waals surface area contributed by atoms with E-state index in [4.69, 9.17) is 4.42 Å². The normalized spacial score (nSPS) is 9.88. The zero-order chi connectivity index (χ0) is 18.8. The lowest BCUT2D eigenvalue weighted by Gasteiger charge is -2.10. The van der Waals surface area contributed by atoms with Crippen LogP contribution >= 0.6 is 11.8 Å². The molecule has 9 nitrogen and oxygen atoms in total. The van der Waals surface area contributed by atoms with Crippen molar-refractivity contribution >= 4 is 35.4 Å². The topological polar surface area (TPSA) is 125 Å². The highest BCUT2D eigenvalue weighted by Crippen LogP contribution is 2.17. The van der Waals surface area contributed by atoms with Crippen molar-refractivity contribution in [3.63, 3.8) is 0 Å². The minimum Gasteiger partial charge on any atom is -0.467 e. The summed E-state index contributed by atoms with van der Waals surface area (Å²) in [6, 6.07) is 9.51. The van der Waals surface area contributed by atoms with E-state index in [0.29, 0.717) is 11.4 Å². The van der Waals surface area contributed by atoms with Crippen molar-refractivity contribution in [1.82, 2.24) is 21.5 Å². The number of urea groups is 2. The second-order valence-electron chi connectivity index (χ2n) is 4.97. The van der Waals surface area contributed by atoms with E-state index in [1.807, 2.05) is 18.4 Å². The molecule has 5 N–H and O–H groups in total. The van der Waals surface area contributed by atoms with Crippen LogP contribution in [0, 0.1) is 0 Å². The van der Waals surface area contributed by atoms with E-state index in [9.17, 15) is 14.4 Å². The maximum absolute atomic E-state index is 11.7. The summed E-state index contributed by atoms with van der Waals surface area (Å²) < 4.78 is 5.06. The predicted octanol–water partition coefficient (Wildman–Crippen LogP) is 1.65. The van der Waals surface area contributed by atoms with Gasteiger partial charge < -0.3 is 20.4 Å². The van der Waals surface area contributed by atoms with Gasteiger partial charge in [-0.25, -0.2) is 15.0 Å². The summed E-state index contributed by atoms with van der Waals surface area (Å²) in [7, 11) is 0. The molecule has 0 aliphatic carbocycles. The molecule has 1 aromatic heterocycles. The third-order valence-electron chi connectivity index (χ3n) is 3.08. The lowest BCUT2D eigenvalue weighted by atomic mass is 10.3. The molecule has 0 saturated heterocycles. The molecule has 0 radical (unpaired) electrons. The van der Waals surface area contributed by atoms with Crippen LogP contribution in [0.5, 0.6) is 0 Å². The van der Waals surface area contributed by atoms with Crippen LogP contribution in [0.3, 0.4) is 0 Å². The summed E-state index contributed by atoms with van der Waals surface area (Å²) in [6.07, 6.45) is 3.45. The van der Waals surface area contributed by atoms with Crippen molar-refractivity contribution in [3.8, 4) is 0 Å². The minimum atomic E-state index is -0.600. The van der Waals surface area contributed by atoms with Crippen LogP contribution < -0.4 is 26.8 Å². The summed E-state index contributed by atoms with van der Waals surface area (Å²) in [6.45, 7) is -0.0941. The van der Waals surface area contributed by atoms with Gasteiger partial charge in [0.05, 0.1) is 12.8 Å². The Kier molecular flexibility index (Phi) is 7.37. The van der Waals surface area contributed by atoms with E-state index in [1.54, 1.807) is 36.0 Å². The fourth-order valence-electron chi connectivity index (χ4n) is 1.81. The Hall–Kier alpha value is -3.14. The second kappa shape index (κ2) is 9.99. The molecule has 10 heteroatoms. The number of benzene rings is 1. The highest BCUT2D eigenvalue weighted by molar-refractivity contribution is 7.98. The number of hydrogen-bond acceptors (Lipinski definition) is 5. The van der Waals surface area contributed by atoms with Crippen LogP contribution in [0.25, 0.3) is 0 Å². The SMILES string of the molecule is CSc1ccc(NC(=O)NNC(=O)CNC(=O)NCc2ccco2)cc1. The molecule has 1 aromatic carbocycles. The summed E-state index contributed by atoms with van der Waals surface area (Å²) in [5.74, 6) is 0.0135. The van der Waals surface area contributed by atoms with Crippen LogP contribution in [0.2, 0.25) is 0 Å². The van der Waals surface area contributed by atoms with E-state index in [0.717, 1.165) is 4.90 Å². The van der Waals surface area contributed by atoms with Crippen LogP contribution in [0.1, 0.15) is 5.76 Å². The molecule has 1 heterocycles. The standard InChI is InChI=1S/C16H19N5O4S/c1-26-13-6-4-11(5-7-13)19-16(24)21-20-14(22)10-18-15(23)17-9-12-3-2-8-25-12/h2-8H,9-10H2,1H3,(H,20,22)(H2,17,18,23)(H2,19,21,24). The average Bonchev–Trinajstić information content (AvgIpc) is 3.17. The van der Waals surface area contributed by atoms with Crippen molar-refractivity contribution in [2.75, 3.05) is 18.1 Å². The number of thioether (sulfide) groups is 1. The first-order valence-electron chi connectivity index (χ1n) is 7.61. The summed E-state index contributed by atoms with van der Waals surface area (Å²) in [5, 5.41) is 7.44. The van der Waals surface area contributed by atoms with Crippen LogP contribution in [0.15, 0.2) is 52.0 Å². The van der Waals surface area contributed by atoms with Gasteiger partial charge >= 0.3 is 12.1 Å². The number of carbonyl (C=O) groups is 3. The number of nitrogens with one attached hydrogen (secondary N) is 5. The molecular formula is C16H19N5O4S. The first-order chi connectivity index (χ1) is 12.6. The molecule has 0 spiro atoms. The van der Waals surface area contributed by atoms with Gasteiger partial charge in [-0.15, -0.1) is 11.8 Å². The van der Waals surface area contributed by atoms with Gasteiger partial charge in [-0.1, -0.05) is 0 Å². The van der Waals surface area contributed by atoms with Gasteiger partial charge in [0.25, 0.3) is 5.91 Å². The number of furan rings is 1. The number of amides is 5. The first kappa shape index (κ1) is 19.2. The lowest BCUT2D eigenvalue weighted by molar-refractivity contribution is -0.120. The molecule has 0 unspecified atom stereocenters. The van der Waals surface area contributed by atoms with Gasteiger partial charge in [0.1, 0.15) is 12.3 Å². The van der Waals surface area contributed by atoms with Crippen molar-refractivity contribution in [1.29, 1.82) is 0 Å². The Labute approximate surface area is 154 Å². The minimum absolute atomic E-state index is 0.205. The summed E-state index contributed by atoms with van der Waals surface area (Å²) >= 11 is 1.59. The Balaban J connectivity index is 1.61. The van der Waals surface area contributed by atoms with Gasteiger partial charge in [-0.3, -0.25) is 10.2 Å². The molecule has 0 bridgehead atoms. The van der Waals surface area contributed by atoms with Crippen molar-refractivity contribution < 1.29 is 18.8 Å². The van der Waals surface area contributed by atoms with Crippen molar-refractivity contribution in [2.45, 2.75) is 11.4 Å². The molecule has 0 aliphatic heterocycles. The van der Waals surface area contributed by atoms with Gasteiger partial charge in [-0.2, -0.15) is 0 Å². The predicted molar refractivity (Wildman–Crippen MR) is 97.5 cm³/mol. The number of hydrogen-bond donors (Lipinski definition) is 5. The maximum Gasteiger partial charge on any atom is 0.337 e. The van der Waals surface area contributed by atoms with E-state index < -0.39 is 18.0 Å². The Morgan fingerprint density at radius 1 is 1.00 bits per heavy atom. The molecule has 0 fully saturated rings. The zero-order valence-corrected chi connectivity index (χ0v) is 14.8. The van der Waals surface area contributed by atoms with E-state index in [-0.39, 0.29) is 13.1 Å². The van der Waals surface area contributed by atoms with Crippen LogP contribution in [-0.4, -0.2) is 30.8 Å². The Morgan fingerprint density at radius 3 is 2.42 bits per heavy atom. The summed E-state index contributed by atoms with van der Waals surface area (Å²) in [5.41, 5.74) is 4.97. The molecule has 26 heavy (non-hydrogen) atoms. The van der Waals surface area contributed by atoms with E-state index >= 15 is 0 Å². The molecule has 0 aliphatic rings. The average molecular weight is 377 g/mol. The lowest BCUT2D eigenvalue weighted by Crippen LogP contribution is -2.49. The fourth-order valence-corrected chi connectivity index (χ4v) is 2.22. The number of anilines is 1. The zero-order valence-electron chi connectivity index (χ0n) is 14.0. The Morgan fingerprint density at radius 2 is 1.77 bits per heavy atom. The van der Waals surface area contributed by atoms with E-state index in [2.05, 4.69) is 26.8 Å². The fraction of sp³-hybridized carbons (Fsp3) is 0.188. The molecule has 0 saturated carbocycles. The highest BCUT2D eigenvalue weighted by atomic mass is 32.2. The van der Waals surface area contributed by atoms with Gasteiger partial charge in [0, 0.05) is 10.6 Å². The van der Waals surface area contributed by atoms with Crippen molar-refractivity contribution in [3.05, 3.63) is 48.4 Å². The second-order valence-corrected chi connectivity index (χ2v) is 5.85. The molecule has 2 rings (SSSR count). The Bertz CT molecular complexity index is 734. The van der Waals surface area contributed by atoms with Crippen LogP contribution in [-0.2, 0) is 11.3 Å². The quantitative estimate of drug-likeness (QED) is 0.387. The van der Waals surface area contributed by atoms with Gasteiger partial charge in [-0.05, 0) is 42.7 Å². The van der Waals surface area contributed by atoms with Gasteiger partial charge in [0.15, 0.2) is 0 Å². The van der Waals surface area contributed by atoms with E-state index in [1.165, 1.54) is 6.26 Å². The largest absolute Gasteiger partial charge is 0.467 e. The molecular weight excluding hydrogens is 358 g/mol. The third-order valence-corrected chi connectivity index (χ3v) is 3.82. The molecule has 138 valence electrons. The molecule has 2 aromatic rings. The third kappa shape index (κ3) is 6.77. The summed E-state index contributed by atoms with van der Waals surface area (Å²) in [4.78, 5) is 35.9. The number of hydrazine groups is 1. The van der Waals surface area contributed by atoms with Gasteiger partial charge in [0.2, 0.25) is 0 Å². The highest BCUT2D eigenvalue weighted by Gasteiger charge is 2.07. The number of rotatable bonds is 6. The monoisotopic (exact) mass is 377 g/mol. The van der Waals surface area contributed by atoms with Crippen molar-refractivity contribution in [2.24, 2.45) is 0 Å². The molecule has 5 amide bonds. The molecule has 0 atom stereocenters. The smallest absolute Gasteiger partial charge is 0.337 e. The maximum atomic E-state index is 11.7.